The highest BCUT2D eigenvalue weighted by Gasteiger charge is 2.32. The second kappa shape index (κ2) is 17.3. The molecule has 0 saturated carbocycles. The van der Waals surface area contributed by atoms with E-state index in [2.05, 4.69) is 20.9 Å². The minimum atomic E-state index is -1.69. The molecule has 0 aliphatic heterocycles. The van der Waals surface area contributed by atoms with E-state index in [4.69, 9.17) is 22.3 Å². The Morgan fingerprint density at radius 1 is 0.917 bits per heavy atom. The van der Waals surface area contributed by atoms with E-state index in [1.54, 1.807) is 0 Å². The smallest absolute Gasteiger partial charge is 0.328 e. The van der Waals surface area contributed by atoms with Crippen molar-refractivity contribution < 1.29 is 39.3 Å². The average Bonchev–Trinajstić information content (AvgIpc) is 2.79. The van der Waals surface area contributed by atoms with Crippen molar-refractivity contribution in [1.82, 2.24) is 16.0 Å². The molecule has 12 N–H and O–H groups in total. The lowest BCUT2D eigenvalue weighted by atomic mass is 10.1. The molecule has 0 rings (SSSR count). The zero-order chi connectivity index (χ0) is 27.8. The van der Waals surface area contributed by atoms with Crippen molar-refractivity contribution in [3.05, 3.63) is 0 Å². The molecule has 0 fully saturated rings. The second-order valence-electron chi connectivity index (χ2n) is 7.96. The van der Waals surface area contributed by atoms with E-state index in [9.17, 15) is 34.2 Å². The van der Waals surface area contributed by atoms with Gasteiger partial charge in [-0.25, -0.2) is 4.79 Å². The van der Waals surface area contributed by atoms with E-state index in [0.29, 0.717) is 12.2 Å². The molecule has 206 valence electrons. The SMILES string of the molecule is CSCCC(N)C(=O)NC(CCCN=C(N)N)C(=O)NC(CCC(=O)O)C(=O)NC(C(=O)O)C(C)O. The van der Waals surface area contributed by atoms with Gasteiger partial charge in [0.1, 0.15) is 12.1 Å². The first-order valence-electron chi connectivity index (χ1n) is 11.1. The molecule has 0 aromatic carbocycles. The molecule has 0 spiro atoms. The molecule has 5 unspecified atom stereocenters. The zero-order valence-corrected chi connectivity index (χ0v) is 21.1. The summed E-state index contributed by atoms with van der Waals surface area (Å²) in [7, 11) is 0. The number of carbonyl (C=O) groups excluding carboxylic acids is 3. The van der Waals surface area contributed by atoms with Crippen molar-refractivity contribution >= 4 is 47.4 Å². The summed E-state index contributed by atoms with van der Waals surface area (Å²) < 4.78 is 0. The number of carboxylic acid groups (broad SMARTS) is 2. The number of nitrogens with one attached hydrogen (secondary N) is 3. The van der Waals surface area contributed by atoms with Crippen LogP contribution in [0, 0.1) is 0 Å². The van der Waals surface area contributed by atoms with E-state index < -0.39 is 66.4 Å². The number of carbonyl (C=O) groups is 5. The van der Waals surface area contributed by atoms with Gasteiger partial charge in [-0.15, -0.1) is 0 Å². The summed E-state index contributed by atoms with van der Waals surface area (Å²) in [6.07, 6.45) is 0.169. The van der Waals surface area contributed by atoms with E-state index in [-0.39, 0.29) is 31.8 Å². The van der Waals surface area contributed by atoms with E-state index in [1.165, 1.54) is 11.8 Å². The van der Waals surface area contributed by atoms with Gasteiger partial charge in [-0.2, -0.15) is 11.8 Å². The van der Waals surface area contributed by atoms with Crippen LogP contribution in [0.15, 0.2) is 4.99 Å². The van der Waals surface area contributed by atoms with E-state index in [0.717, 1.165) is 6.92 Å². The van der Waals surface area contributed by atoms with Gasteiger partial charge in [0.15, 0.2) is 12.0 Å². The lowest BCUT2D eigenvalue weighted by Gasteiger charge is -2.25. The lowest BCUT2D eigenvalue weighted by Crippen LogP contribution is -2.58. The summed E-state index contributed by atoms with van der Waals surface area (Å²) in [5.74, 6) is -4.76. The number of aliphatic carboxylic acids is 2. The number of rotatable bonds is 18. The number of guanidine groups is 1. The van der Waals surface area contributed by atoms with Crippen molar-refractivity contribution in [3.8, 4) is 0 Å². The number of amides is 3. The number of aliphatic imine (C=N–C) groups is 1. The highest BCUT2D eigenvalue weighted by atomic mass is 32.2. The van der Waals surface area contributed by atoms with Gasteiger partial charge >= 0.3 is 11.9 Å². The molecule has 0 bridgehead atoms. The van der Waals surface area contributed by atoms with Gasteiger partial charge in [-0.3, -0.25) is 24.2 Å². The minimum absolute atomic E-state index is 0.0578. The Labute approximate surface area is 213 Å². The highest BCUT2D eigenvalue weighted by molar-refractivity contribution is 7.98. The van der Waals surface area contributed by atoms with Gasteiger partial charge in [-0.1, -0.05) is 0 Å². The number of thioether (sulfide) groups is 1. The standard InChI is InChI=1S/C20H37N7O8S/c1-10(28)15(19(34)35)27-18(33)13(5-6-14(29)30)26-17(32)12(4-3-8-24-20(22)23)25-16(31)11(21)7-9-36-2/h10-13,15,28H,3-9,21H2,1-2H3,(H,25,31)(H,26,32)(H,27,33)(H,29,30)(H,34,35)(H4,22,23,24). The summed E-state index contributed by atoms with van der Waals surface area (Å²) >= 11 is 1.49. The summed E-state index contributed by atoms with van der Waals surface area (Å²) in [5, 5.41) is 34.8. The molecule has 0 aliphatic rings. The monoisotopic (exact) mass is 535 g/mol. The molecule has 36 heavy (non-hydrogen) atoms. The molecule has 0 radical (unpaired) electrons. The van der Waals surface area contributed by atoms with Gasteiger partial charge in [0.25, 0.3) is 0 Å². The molecule has 5 atom stereocenters. The molecular formula is C20H37N7O8S. The van der Waals surface area contributed by atoms with Crippen LogP contribution in [0.2, 0.25) is 0 Å². The van der Waals surface area contributed by atoms with Crippen LogP contribution in [0.5, 0.6) is 0 Å². The fraction of sp³-hybridized carbons (Fsp3) is 0.700. The molecule has 3 amide bonds. The topological polar surface area (TPSA) is 273 Å². The van der Waals surface area contributed by atoms with Crippen molar-refractivity contribution in [3.63, 3.8) is 0 Å². The Kier molecular flexibility index (Phi) is 15.8. The van der Waals surface area contributed by atoms with E-state index >= 15 is 0 Å². The zero-order valence-electron chi connectivity index (χ0n) is 20.3. The first-order chi connectivity index (χ1) is 16.8. The summed E-state index contributed by atoms with van der Waals surface area (Å²) in [6.45, 7) is 1.30. The van der Waals surface area contributed by atoms with Crippen molar-refractivity contribution in [2.45, 2.75) is 69.3 Å². The second-order valence-corrected chi connectivity index (χ2v) is 8.94. The Morgan fingerprint density at radius 2 is 1.47 bits per heavy atom. The molecular weight excluding hydrogens is 498 g/mol. The van der Waals surface area contributed by atoms with Crippen LogP contribution >= 0.6 is 11.8 Å². The summed E-state index contributed by atoms with van der Waals surface area (Å²) in [6, 6.07) is -5.21. The number of aliphatic hydroxyl groups is 1. The number of nitrogens with two attached hydrogens (primary N) is 3. The normalized spacial score (nSPS) is 14.9. The maximum absolute atomic E-state index is 13.0. The van der Waals surface area contributed by atoms with Crippen LogP contribution in [-0.2, 0) is 24.0 Å². The third kappa shape index (κ3) is 13.7. The van der Waals surface area contributed by atoms with Gasteiger partial charge in [0, 0.05) is 13.0 Å². The molecule has 16 heteroatoms. The van der Waals surface area contributed by atoms with Gasteiger partial charge in [-0.05, 0) is 44.6 Å². The summed E-state index contributed by atoms with van der Waals surface area (Å²) in [5.41, 5.74) is 16.4. The van der Waals surface area contributed by atoms with Crippen molar-refractivity contribution in [2.24, 2.45) is 22.2 Å². The van der Waals surface area contributed by atoms with Crippen LogP contribution < -0.4 is 33.2 Å². The molecule has 0 heterocycles. The lowest BCUT2D eigenvalue weighted by molar-refractivity contribution is -0.145. The maximum atomic E-state index is 13.0. The molecule has 0 aromatic rings. The Hall–Kier alpha value is -3.11. The Balaban J connectivity index is 5.63. The largest absolute Gasteiger partial charge is 0.481 e. The van der Waals surface area contributed by atoms with Crippen LogP contribution in [0.1, 0.15) is 39.0 Å². The fourth-order valence-electron chi connectivity index (χ4n) is 2.88. The molecule has 0 aliphatic carbocycles. The van der Waals surface area contributed by atoms with Crippen LogP contribution in [-0.4, -0.2) is 99.8 Å². The molecule has 0 aromatic heterocycles. The number of hydrogen-bond donors (Lipinski definition) is 9. The number of carboxylic acids is 2. The van der Waals surface area contributed by atoms with Gasteiger partial charge < -0.3 is 48.5 Å². The minimum Gasteiger partial charge on any atom is -0.481 e. The molecule has 15 nitrogen and oxygen atoms in total. The Morgan fingerprint density at radius 3 is 1.97 bits per heavy atom. The third-order valence-corrected chi connectivity index (χ3v) is 5.52. The predicted molar refractivity (Wildman–Crippen MR) is 133 cm³/mol. The van der Waals surface area contributed by atoms with Gasteiger partial charge in [0.05, 0.1) is 12.1 Å². The van der Waals surface area contributed by atoms with Crippen molar-refractivity contribution in [1.29, 1.82) is 0 Å². The van der Waals surface area contributed by atoms with Gasteiger partial charge in [0.2, 0.25) is 17.7 Å². The molecule has 0 saturated heterocycles. The van der Waals surface area contributed by atoms with Crippen LogP contribution in [0.25, 0.3) is 0 Å². The Bertz CT molecular complexity index is 792. The van der Waals surface area contributed by atoms with E-state index in [1.807, 2.05) is 6.26 Å². The number of nitrogens with zero attached hydrogens (tertiary/aromatic N) is 1. The fourth-order valence-corrected chi connectivity index (χ4v) is 3.37. The van der Waals surface area contributed by atoms with Crippen molar-refractivity contribution in [2.75, 3.05) is 18.6 Å². The maximum Gasteiger partial charge on any atom is 0.328 e. The predicted octanol–water partition coefficient (Wildman–Crippen LogP) is -3.09. The number of aliphatic hydroxyl groups excluding tert-OH is 1. The first-order valence-corrected chi connectivity index (χ1v) is 12.5. The van der Waals surface area contributed by atoms with Crippen LogP contribution in [0.3, 0.4) is 0 Å². The first kappa shape index (κ1) is 32.9. The number of hydrogen-bond acceptors (Lipinski definition) is 9. The average molecular weight is 536 g/mol. The quantitative estimate of drug-likeness (QED) is 0.0479. The van der Waals surface area contributed by atoms with Crippen LogP contribution in [0.4, 0.5) is 0 Å². The summed E-state index contributed by atoms with van der Waals surface area (Å²) in [4.78, 5) is 64.3. The highest BCUT2D eigenvalue weighted by Crippen LogP contribution is 2.06. The third-order valence-electron chi connectivity index (χ3n) is 4.87.